The van der Waals surface area contributed by atoms with Gasteiger partial charge < -0.3 is 4.90 Å². The van der Waals surface area contributed by atoms with Gasteiger partial charge in [0.05, 0.1) is 0 Å². The van der Waals surface area contributed by atoms with Gasteiger partial charge in [-0.1, -0.05) is 29.3 Å². The molecule has 3 rings (SSSR count). The Labute approximate surface area is 139 Å². The number of benzene rings is 1. The maximum atomic E-state index is 6.38. The number of rotatable bonds is 1. The summed E-state index contributed by atoms with van der Waals surface area (Å²) in [6.07, 6.45) is 0. The first-order chi connectivity index (χ1) is 9.06. The van der Waals surface area contributed by atoms with Crippen LogP contribution in [-0.2, 0) is 6.54 Å². The molecule has 1 atom stereocenters. The van der Waals surface area contributed by atoms with E-state index in [4.69, 9.17) is 23.2 Å². The molecule has 0 saturated carbocycles. The van der Waals surface area contributed by atoms with Crippen LogP contribution in [0, 0.1) is 6.92 Å². The van der Waals surface area contributed by atoms with Crippen molar-refractivity contribution < 1.29 is 0 Å². The van der Waals surface area contributed by atoms with Gasteiger partial charge in [0.15, 0.2) is 0 Å². The predicted molar refractivity (Wildman–Crippen MR) is 90.9 cm³/mol. The number of likely N-dealkylation sites (N-methyl/N-ethyl adjacent to an activating group) is 1. The van der Waals surface area contributed by atoms with Crippen molar-refractivity contribution in [2.45, 2.75) is 19.4 Å². The smallest absolute Gasteiger partial charge is 0.0459 e. The summed E-state index contributed by atoms with van der Waals surface area (Å²) in [6.45, 7) is 4.15. The first-order valence-corrected chi connectivity index (χ1v) is 7.85. The summed E-state index contributed by atoms with van der Waals surface area (Å²) >= 11 is 14.6. The molecule has 2 heterocycles. The Hall–Kier alpha value is -0.250. The van der Waals surface area contributed by atoms with Crippen molar-refractivity contribution in [2.24, 2.45) is 0 Å². The van der Waals surface area contributed by atoms with E-state index in [9.17, 15) is 0 Å². The van der Waals surface area contributed by atoms with Crippen LogP contribution in [0.5, 0.6) is 0 Å². The van der Waals surface area contributed by atoms with Crippen molar-refractivity contribution in [1.82, 2.24) is 4.90 Å². The molecular weight excluding hydrogens is 333 g/mol. The van der Waals surface area contributed by atoms with E-state index in [0.717, 1.165) is 28.7 Å². The van der Waals surface area contributed by atoms with E-state index in [1.165, 1.54) is 15.3 Å². The van der Waals surface area contributed by atoms with Crippen LogP contribution >= 0.6 is 46.9 Å². The van der Waals surface area contributed by atoms with Crippen LogP contribution in [0.15, 0.2) is 24.3 Å². The van der Waals surface area contributed by atoms with Crippen LogP contribution in [0.25, 0.3) is 0 Å². The number of hydrogen-bond acceptors (Lipinski definition) is 2. The number of fused-ring (bicyclic) bond motifs is 1. The van der Waals surface area contributed by atoms with Crippen LogP contribution in [-0.4, -0.2) is 18.5 Å². The lowest BCUT2D eigenvalue weighted by molar-refractivity contribution is 0.299. The van der Waals surface area contributed by atoms with Gasteiger partial charge in [0.25, 0.3) is 0 Å². The highest BCUT2D eigenvalue weighted by Crippen LogP contribution is 2.42. The van der Waals surface area contributed by atoms with Crippen molar-refractivity contribution in [3.8, 4) is 0 Å². The maximum Gasteiger partial charge on any atom is 0.0459 e. The van der Waals surface area contributed by atoms with E-state index in [1.54, 1.807) is 0 Å². The quantitative estimate of drug-likeness (QED) is 0.670. The highest BCUT2D eigenvalue weighted by molar-refractivity contribution is 7.12. The Kier molecular flexibility index (Phi) is 5.04. The van der Waals surface area contributed by atoms with Crippen molar-refractivity contribution in [3.05, 3.63) is 55.2 Å². The Morgan fingerprint density at radius 3 is 2.55 bits per heavy atom. The summed E-state index contributed by atoms with van der Waals surface area (Å²) in [5.41, 5.74) is 2.46. The third kappa shape index (κ3) is 2.86. The van der Waals surface area contributed by atoms with Gasteiger partial charge in [-0.05, 0) is 43.3 Å². The summed E-state index contributed by atoms with van der Waals surface area (Å²) in [5, 5.41) is 1.53. The maximum absolute atomic E-state index is 6.38. The lowest BCUT2D eigenvalue weighted by atomic mass is 9.88. The average Bonchev–Trinajstić information content (AvgIpc) is 2.69. The number of hydrogen-bond donors (Lipinski definition) is 0. The van der Waals surface area contributed by atoms with Crippen molar-refractivity contribution in [3.63, 3.8) is 0 Å². The average molecular weight is 349 g/mol. The molecule has 0 saturated heterocycles. The lowest BCUT2D eigenvalue weighted by Crippen LogP contribution is -2.30. The highest BCUT2D eigenvalue weighted by atomic mass is 35.5. The molecule has 1 aromatic carbocycles. The van der Waals surface area contributed by atoms with Crippen LogP contribution in [0.2, 0.25) is 10.0 Å². The second kappa shape index (κ2) is 6.25. The van der Waals surface area contributed by atoms with Gasteiger partial charge in [0.1, 0.15) is 0 Å². The Bertz CT molecular complexity index is 603. The molecule has 0 N–H and O–H groups in total. The van der Waals surface area contributed by atoms with Crippen LogP contribution in [0.1, 0.15) is 26.8 Å². The summed E-state index contributed by atoms with van der Waals surface area (Å²) in [4.78, 5) is 5.13. The number of aryl methyl sites for hydroxylation is 1. The van der Waals surface area contributed by atoms with Crippen molar-refractivity contribution in [1.29, 1.82) is 0 Å². The number of nitrogens with zero attached hydrogens (tertiary/aromatic N) is 1. The van der Waals surface area contributed by atoms with E-state index < -0.39 is 0 Å². The number of halogens is 3. The Morgan fingerprint density at radius 2 is 1.90 bits per heavy atom. The standard InChI is InChI=1S/C15H15Cl2NS.ClH/c1-9-6-10-11(7-18(2)8-14(10)19-9)15-12(16)4-3-5-13(15)17;/h3-6,11H,7-8H2,1-2H3;1H. The molecule has 0 spiro atoms. The fourth-order valence-corrected chi connectivity index (χ4v) is 4.65. The molecule has 0 bridgehead atoms. The summed E-state index contributed by atoms with van der Waals surface area (Å²) < 4.78 is 0. The highest BCUT2D eigenvalue weighted by Gasteiger charge is 2.29. The third-order valence-electron chi connectivity index (χ3n) is 3.60. The predicted octanol–water partition coefficient (Wildman–Crippen LogP) is 5.36. The van der Waals surface area contributed by atoms with Crippen molar-refractivity contribution in [2.75, 3.05) is 13.6 Å². The molecule has 1 nitrogen and oxygen atoms in total. The summed E-state index contributed by atoms with van der Waals surface area (Å²) in [7, 11) is 2.15. The second-order valence-corrected chi connectivity index (χ2v) is 7.28. The normalized spacial score (nSPS) is 18.5. The molecule has 0 aliphatic carbocycles. The zero-order valence-electron chi connectivity index (χ0n) is 11.3. The zero-order chi connectivity index (χ0) is 13.6. The SMILES string of the molecule is Cc1cc2c(s1)CN(C)CC2c1c(Cl)cccc1Cl.Cl. The molecule has 0 amide bonds. The van der Waals surface area contributed by atoms with Crippen molar-refractivity contribution >= 4 is 46.9 Å². The topological polar surface area (TPSA) is 3.24 Å². The third-order valence-corrected chi connectivity index (χ3v) is 5.31. The zero-order valence-corrected chi connectivity index (χ0v) is 14.5. The van der Waals surface area contributed by atoms with Crippen LogP contribution in [0.4, 0.5) is 0 Å². The van der Waals surface area contributed by atoms with E-state index in [1.807, 2.05) is 29.5 Å². The van der Waals surface area contributed by atoms with E-state index in [0.29, 0.717) is 0 Å². The largest absolute Gasteiger partial charge is 0.300 e. The van der Waals surface area contributed by atoms with Gasteiger partial charge >= 0.3 is 0 Å². The summed E-state index contributed by atoms with van der Waals surface area (Å²) in [6, 6.07) is 8.05. The molecule has 0 radical (unpaired) electrons. The van der Waals surface area contributed by atoms with E-state index >= 15 is 0 Å². The first-order valence-electron chi connectivity index (χ1n) is 6.28. The minimum absolute atomic E-state index is 0. The Balaban J connectivity index is 0.00000147. The first kappa shape index (κ1) is 16.1. The minimum atomic E-state index is 0. The summed E-state index contributed by atoms with van der Waals surface area (Å²) in [5.74, 6) is 0.278. The van der Waals surface area contributed by atoms with Gasteiger partial charge in [-0.2, -0.15) is 0 Å². The van der Waals surface area contributed by atoms with E-state index in [2.05, 4.69) is 24.9 Å². The fourth-order valence-electron chi connectivity index (χ4n) is 2.81. The molecule has 1 aromatic heterocycles. The number of thiophene rings is 1. The molecule has 20 heavy (non-hydrogen) atoms. The van der Waals surface area contributed by atoms with Gasteiger partial charge in [-0.25, -0.2) is 0 Å². The molecule has 2 aromatic rings. The van der Waals surface area contributed by atoms with Gasteiger partial charge in [0, 0.05) is 38.8 Å². The molecular formula is C15H16Cl3NS. The Morgan fingerprint density at radius 1 is 1.25 bits per heavy atom. The molecule has 1 aliphatic heterocycles. The monoisotopic (exact) mass is 347 g/mol. The molecule has 5 heteroatoms. The molecule has 108 valence electrons. The van der Waals surface area contributed by atoms with Gasteiger partial charge in [-0.3, -0.25) is 0 Å². The lowest BCUT2D eigenvalue weighted by Gasteiger charge is -2.31. The minimum Gasteiger partial charge on any atom is -0.300 e. The van der Waals surface area contributed by atoms with Crippen LogP contribution in [0.3, 0.4) is 0 Å². The van der Waals surface area contributed by atoms with E-state index in [-0.39, 0.29) is 18.3 Å². The van der Waals surface area contributed by atoms with Crippen LogP contribution < -0.4 is 0 Å². The van der Waals surface area contributed by atoms with Gasteiger partial charge in [-0.15, -0.1) is 23.7 Å². The fraction of sp³-hybridized carbons (Fsp3) is 0.333. The second-order valence-electron chi connectivity index (χ2n) is 5.12. The molecule has 0 fully saturated rings. The molecule has 1 aliphatic rings. The molecule has 1 unspecified atom stereocenters. The van der Waals surface area contributed by atoms with Gasteiger partial charge in [0.2, 0.25) is 0 Å².